The molecule has 3 N–H and O–H groups in total. The number of halogens is 1. The van der Waals surface area contributed by atoms with E-state index in [4.69, 9.17) is 16.3 Å². The Morgan fingerprint density at radius 2 is 1.55 bits per heavy atom. The van der Waals surface area contributed by atoms with Gasteiger partial charge in [0.2, 0.25) is 10.0 Å². The summed E-state index contributed by atoms with van der Waals surface area (Å²) in [7, 11) is -8.90. The summed E-state index contributed by atoms with van der Waals surface area (Å²) >= 11 is 5.96. The standard InChI is InChI=1S/C28H30ClN3O8S2/c1-19(2)40-27(35)31-42(38,39)30-16-17-32(28(26(33)34)18-25(28)22-6-4-3-5-7-22)41(36,37)24-14-10-21(11-15-24)20-8-12-23(29)13-9-20/h3-15,19,25,30H,16-18H2,1-2H3,(H,31,35)(H,33,34)/t25?,28-/m1/s1. The SMILES string of the molecule is CC(C)OC(=O)NS(=O)(=O)NCCN([C@]1(C(=O)O)CC1c1ccccc1)S(=O)(=O)c1ccc(-c2ccc(Cl)cc2)cc1. The predicted molar refractivity (Wildman–Crippen MR) is 157 cm³/mol. The van der Waals surface area contributed by atoms with Gasteiger partial charge in [-0.2, -0.15) is 17.4 Å². The fourth-order valence-electron chi connectivity index (χ4n) is 4.74. The van der Waals surface area contributed by atoms with E-state index in [1.807, 2.05) is 0 Å². The number of carboxylic acids is 1. The molecule has 2 atom stereocenters. The number of sulfonamides is 1. The number of carbonyl (C=O) groups is 2. The lowest BCUT2D eigenvalue weighted by atomic mass is 10.1. The fourth-order valence-corrected chi connectivity index (χ4v) is 7.34. The van der Waals surface area contributed by atoms with Crippen molar-refractivity contribution in [2.75, 3.05) is 13.1 Å². The molecular weight excluding hydrogens is 606 g/mol. The number of nitrogens with one attached hydrogen (secondary N) is 2. The second-order valence-electron chi connectivity index (χ2n) is 9.96. The number of hydrogen-bond acceptors (Lipinski definition) is 7. The van der Waals surface area contributed by atoms with Gasteiger partial charge in [0.1, 0.15) is 5.54 Å². The van der Waals surface area contributed by atoms with Crippen LogP contribution in [0, 0.1) is 0 Å². The van der Waals surface area contributed by atoms with E-state index in [-0.39, 0.29) is 11.3 Å². The van der Waals surface area contributed by atoms with Gasteiger partial charge >= 0.3 is 22.3 Å². The first-order valence-electron chi connectivity index (χ1n) is 12.9. The third kappa shape index (κ3) is 6.93. The maximum atomic E-state index is 14.0. The van der Waals surface area contributed by atoms with Gasteiger partial charge in [0.05, 0.1) is 11.0 Å². The number of benzene rings is 3. The molecule has 0 aliphatic heterocycles. The van der Waals surface area contributed by atoms with E-state index in [0.717, 1.165) is 9.87 Å². The van der Waals surface area contributed by atoms with Crippen molar-refractivity contribution in [2.24, 2.45) is 0 Å². The average Bonchev–Trinajstić information content (AvgIpc) is 3.68. The zero-order valence-corrected chi connectivity index (χ0v) is 25.1. The minimum atomic E-state index is -4.46. The van der Waals surface area contributed by atoms with E-state index >= 15 is 0 Å². The van der Waals surface area contributed by atoms with Crippen molar-refractivity contribution >= 4 is 43.9 Å². The van der Waals surface area contributed by atoms with Crippen molar-refractivity contribution in [2.45, 2.75) is 42.7 Å². The van der Waals surface area contributed by atoms with Crippen molar-refractivity contribution in [1.29, 1.82) is 0 Å². The van der Waals surface area contributed by atoms with E-state index in [1.165, 1.54) is 26.0 Å². The van der Waals surface area contributed by atoms with Gasteiger partial charge in [0.25, 0.3) is 0 Å². The third-order valence-corrected chi connectivity index (χ3v) is 9.96. The van der Waals surface area contributed by atoms with Crippen LogP contribution in [-0.4, -0.2) is 63.0 Å². The van der Waals surface area contributed by atoms with E-state index < -0.39 is 62.9 Å². The largest absolute Gasteiger partial charge is 0.480 e. The second kappa shape index (κ2) is 12.4. The number of rotatable bonds is 12. The van der Waals surface area contributed by atoms with Crippen LogP contribution in [0.3, 0.4) is 0 Å². The Labute approximate surface area is 249 Å². The van der Waals surface area contributed by atoms with Crippen LogP contribution >= 0.6 is 11.6 Å². The number of aliphatic carboxylic acids is 1. The van der Waals surface area contributed by atoms with Crippen molar-refractivity contribution in [1.82, 2.24) is 13.7 Å². The van der Waals surface area contributed by atoms with Crippen LogP contribution in [0.5, 0.6) is 0 Å². The van der Waals surface area contributed by atoms with Crippen LogP contribution in [-0.2, 0) is 29.8 Å². The molecule has 3 aromatic carbocycles. The Balaban J connectivity index is 1.64. The lowest BCUT2D eigenvalue weighted by molar-refractivity contribution is -0.143. The van der Waals surface area contributed by atoms with Crippen LogP contribution in [0.2, 0.25) is 5.02 Å². The molecule has 1 aliphatic carbocycles. The molecule has 3 aromatic rings. The predicted octanol–water partition coefficient (Wildman–Crippen LogP) is 3.98. The van der Waals surface area contributed by atoms with Gasteiger partial charge in [-0.3, -0.25) is 4.79 Å². The summed E-state index contributed by atoms with van der Waals surface area (Å²) in [6.45, 7) is 2.02. The van der Waals surface area contributed by atoms with Crippen LogP contribution in [0.15, 0.2) is 83.8 Å². The first-order valence-corrected chi connectivity index (χ1v) is 16.2. The summed E-state index contributed by atoms with van der Waals surface area (Å²) < 4.78 is 62.2. The fraction of sp³-hybridized carbons (Fsp3) is 0.286. The monoisotopic (exact) mass is 635 g/mol. The lowest BCUT2D eigenvalue weighted by Crippen LogP contribution is -2.52. The van der Waals surface area contributed by atoms with Gasteiger partial charge in [0, 0.05) is 24.0 Å². The molecule has 1 unspecified atom stereocenters. The molecule has 42 heavy (non-hydrogen) atoms. The van der Waals surface area contributed by atoms with Crippen molar-refractivity contribution < 1.29 is 36.3 Å². The van der Waals surface area contributed by atoms with Crippen LogP contribution in [0.4, 0.5) is 4.79 Å². The van der Waals surface area contributed by atoms with Crippen LogP contribution in [0.1, 0.15) is 31.7 Å². The summed E-state index contributed by atoms with van der Waals surface area (Å²) in [6.07, 6.45) is -1.80. The summed E-state index contributed by atoms with van der Waals surface area (Å²) in [5.41, 5.74) is 0.291. The molecule has 0 aromatic heterocycles. The van der Waals surface area contributed by atoms with Crippen molar-refractivity contribution in [3.63, 3.8) is 0 Å². The van der Waals surface area contributed by atoms with Gasteiger partial charge in [0.15, 0.2) is 0 Å². The second-order valence-corrected chi connectivity index (χ2v) is 13.8. The Hall–Kier alpha value is -3.49. The summed E-state index contributed by atoms with van der Waals surface area (Å²) in [4.78, 5) is 24.3. The summed E-state index contributed by atoms with van der Waals surface area (Å²) in [5, 5.41) is 10.9. The van der Waals surface area contributed by atoms with Gasteiger partial charge in [-0.15, -0.1) is 0 Å². The molecular formula is C28H30ClN3O8S2. The number of carboxylic acid groups (broad SMARTS) is 1. The zero-order chi connectivity index (χ0) is 30.7. The molecule has 4 rings (SSSR count). The smallest absolute Gasteiger partial charge is 0.422 e. The number of ether oxygens (including phenoxy) is 1. The first kappa shape index (κ1) is 31.4. The molecule has 1 saturated carbocycles. The number of amides is 1. The topological polar surface area (TPSA) is 159 Å². The highest BCUT2D eigenvalue weighted by atomic mass is 35.5. The summed E-state index contributed by atoms with van der Waals surface area (Å²) in [5.74, 6) is -2.03. The zero-order valence-electron chi connectivity index (χ0n) is 22.7. The Bertz CT molecular complexity index is 1650. The minimum absolute atomic E-state index is 0.0137. The number of nitrogens with zero attached hydrogens (tertiary/aromatic N) is 1. The first-order chi connectivity index (χ1) is 19.8. The molecule has 1 aliphatic rings. The molecule has 14 heteroatoms. The number of hydrogen-bond donors (Lipinski definition) is 3. The van der Waals surface area contributed by atoms with Crippen LogP contribution in [0.25, 0.3) is 11.1 Å². The minimum Gasteiger partial charge on any atom is -0.480 e. The average molecular weight is 636 g/mol. The molecule has 0 saturated heterocycles. The summed E-state index contributed by atoms with van der Waals surface area (Å²) in [6, 6.07) is 21.5. The Kier molecular flexibility index (Phi) is 9.28. The molecule has 0 spiro atoms. The van der Waals surface area contributed by atoms with Gasteiger partial charge in [-0.25, -0.2) is 17.9 Å². The molecule has 0 bridgehead atoms. The maximum absolute atomic E-state index is 14.0. The van der Waals surface area contributed by atoms with Gasteiger partial charge in [-0.05, 0) is 61.2 Å². The van der Waals surface area contributed by atoms with E-state index in [9.17, 15) is 31.5 Å². The highest BCUT2D eigenvalue weighted by Gasteiger charge is 2.67. The molecule has 1 fully saturated rings. The lowest BCUT2D eigenvalue weighted by Gasteiger charge is -2.29. The molecule has 224 valence electrons. The van der Waals surface area contributed by atoms with E-state index in [1.54, 1.807) is 71.5 Å². The van der Waals surface area contributed by atoms with Crippen molar-refractivity contribution in [3.8, 4) is 11.1 Å². The normalized spacial score (nSPS) is 18.5. The van der Waals surface area contributed by atoms with E-state index in [2.05, 4.69) is 4.72 Å². The maximum Gasteiger partial charge on any atom is 0.422 e. The third-order valence-electron chi connectivity index (χ3n) is 6.74. The highest BCUT2D eigenvalue weighted by molar-refractivity contribution is 7.89. The van der Waals surface area contributed by atoms with E-state index in [0.29, 0.717) is 16.1 Å². The van der Waals surface area contributed by atoms with Gasteiger partial charge < -0.3 is 9.84 Å². The Morgan fingerprint density at radius 1 is 0.976 bits per heavy atom. The quantitative estimate of drug-likeness (QED) is 0.270. The highest BCUT2D eigenvalue weighted by Crippen LogP contribution is 2.57. The number of carbonyl (C=O) groups excluding carboxylic acids is 1. The van der Waals surface area contributed by atoms with Gasteiger partial charge in [-0.1, -0.05) is 66.2 Å². The Morgan fingerprint density at radius 3 is 2.10 bits per heavy atom. The molecule has 1 amide bonds. The molecule has 0 heterocycles. The molecule has 11 nitrogen and oxygen atoms in total. The molecule has 0 radical (unpaired) electrons. The van der Waals surface area contributed by atoms with Crippen LogP contribution < -0.4 is 9.44 Å². The van der Waals surface area contributed by atoms with Crippen molar-refractivity contribution in [3.05, 3.63) is 89.4 Å².